The van der Waals surface area contributed by atoms with Crippen molar-refractivity contribution in [3.63, 3.8) is 0 Å². The van der Waals surface area contributed by atoms with E-state index >= 15 is 0 Å². The SMILES string of the molecule is O=C([S-])COCC(=O)[S-].O=C([S-])COCC(=O)[S-].[NH4+].[NH4+].[NH4+].[NH4+]. The van der Waals surface area contributed by atoms with Gasteiger partial charge in [0, 0.05) is 20.5 Å². The van der Waals surface area contributed by atoms with Gasteiger partial charge >= 0.3 is 0 Å². The molecule has 16 N–H and O–H groups in total. The molecule has 0 saturated carbocycles. The summed E-state index contributed by atoms with van der Waals surface area (Å²) in [6.07, 6.45) is 0. The lowest BCUT2D eigenvalue weighted by Gasteiger charge is -2.06. The highest BCUT2D eigenvalue weighted by molar-refractivity contribution is 7.77. The van der Waals surface area contributed by atoms with Crippen molar-refractivity contribution in [3.8, 4) is 0 Å². The summed E-state index contributed by atoms with van der Waals surface area (Å²) in [6.45, 7) is -0.842. The molecule has 0 aromatic carbocycles. The average Bonchev–Trinajstić information content (AvgIpc) is 2.15. The predicted molar refractivity (Wildman–Crippen MR) is 95.1 cm³/mol. The highest BCUT2D eigenvalue weighted by atomic mass is 32.1. The van der Waals surface area contributed by atoms with Gasteiger partial charge in [-0.3, -0.25) is 0 Å². The molecule has 0 unspecified atom stereocenters. The van der Waals surface area contributed by atoms with Crippen molar-refractivity contribution in [3.05, 3.63) is 0 Å². The minimum Gasteiger partial charge on any atom is -0.740 e. The first-order valence-corrected chi connectivity index (χ1v) is 5.83. The zero-order valence-corrected chi connectivity index (χ0v) is 16.2. The van der Waals surface area contributed by atoms with Gasteiger partial charge in [-0.25, -0.2) is 0 Å². The van der Waals surface area contributed by atoms with Crippen LogP contribution in [0.3, 0.4) is 0 Å². The Labute approximate surface area is 150 Å². The van der Waals surface area contributed by atoms with E-state index in [0.717, 1.165) is 0 Å². The first-order valence-electron chi connectivity index (χ1n) is 4.20. The van der Waals surface area contributed by atoms with Crippen LogP contribution in [0.25, 0.3) is 0 Å². The molecule has 0 radical (unpaired) electrons. The van der Waals surface area contributed by atoms with Gasteiger partial charge in [0.25, 0.3) is 0 Å². The molecule has 0 aliphatic carbocycles. The fraction of sp³-hybridized carbons (Fsp3) is 0.500. The van der Waals surface area contributed by atoms with Crippen molar-refractivity contribution in [1.82, 2.24) is 24.6 Å². The van der Waals surface area contributed by atoms with Crippen LogP contribution in [0.5, 0.6) is 0 Å². The second kappa shape index (κ2) is 25.3. The van der Waals surface area contributed by atoms with Gasteiger partial charge in [0.15, 0.2) is 0 Å². The number of hydrogen-bond acceptors (Lipinski definition) is 10. The highest BCUT2D eigenvalue weighted by Crippen LogP contribution is 1.76. The standard InChI is InChI=1S/2C4H6O3S2.4H3N/c2*5-3(8)1-7-2-4(6)9;;;;/h2*1-2H2,(H,5,8)(H,6,9);4*1H3. The number of rotatable bonds is 8. The van der Waals surface area contributed by atoms with Crippen LogP contribution in [0.1, 0.15) is 0 Å². The van der Waals surface area contributed by atoms with Crippen molar-refractivity contribution in [2.45, 2.75) is 0 Å². The van der Waals surface area contributed by atoms with Crippen molar-refractivity contribution in [1.29, 1.82) is 0 Å². The molecule has 0 aromatic heterocycles. The second-order valence-corrected chi connectivity index (χ2v) is 4.29. The molecule has 0 aromatic rings. The van der Waals surface area contributed by atoms with Gasteiger partial charge in [-0.2, -0.15) is 0 Å². The summed E-state index contributed by atoms with van der Waals surface area (Å²) in [5.41, 5.74) is 0. The van der Waals surface area contributed by atoms with Crippen LogP contribution in [-0.2, 0) is 79.2 Å². The predicted octanol–water partition coefficient (Wildman–Crippen LogP) is -0.195. The Morgan fingerprint density at radius 1 is 0.500 bits per heavy atom. The van der Waals surface area contributed by atoms with E-state index in [0.29, 0.717) is 0 Å². The maximum atomic E-state index is 9.97. The van der Waals surface area contributed by atoms with Crippen molar-refractivity contribution in [2.24, 2.45) is 0 Å². The molecule has 0 rings (SSSR count). The summed E-state index contributed by atoms with van der Waals surface area (Å²) >= 11 is 16.5. The van der Waals surface area contributed by atoms with Gasteiger partial charge in [0.2, 0.25) is 0 Å². The minimum absolute atomic E-state index is 0. The molecule has 0 bridgehead atoms. The Kier molecular flexibility index (Phi) is 43.1. The Balaban J connectivity index is -0.0000000492. The molecule has 22 heavy (non-hydrogen) atoms. The molecule has 14 heteroatoms. The van der Waals surface area contributed by atoms with E-state index in [1.807, 2.05) is 0 Å². The van der Waals surface area contributed by atoms with Crippen LogP contribution >= 0.6 is 0 Å². The molecule has 0 heterocycles. The molecule has 0 saturated heterocycles. The van der Waals surface area contributed by atoms with E-state index in [4.69, 9.17) is 0 Å². The molecular formula is C8H24N4O6S4. The summed E-state index contributed by atoms with van der Waals surface area (Å²) in [6, 6.07) is 0. The number of hydrogen-bond donors (Lipinski definition) is 4. The number of carbonyl (C=O) groups excluding carboxylic acids is 4. The summed E-state index contributed by atoms with van der Waals surface area (Å²) in [4.78, 5) is 39.9. The van der Waals surface area contributed by atoms with Crippen molar-refractivity contribution < 1.29 is 28.7 Å². The largest absolute Gasteiger partial charge is 0.740 e. The Morgan fingerprint density at radius 2 is 0.636 bits per heavy atom. The second-order valence-electron chi connectivity index (χ2n) is 2.47. The van der Waals surface area contributed by atoms with Gasteiger partial charge in [-0.05, 0) is 0 Å². The maximum absolute atomic E-state index is 9.97. The van der Waals surface area contributed by atoms with Crippen LogP contribution < -0.4 is 24.6 Å². The number of carbonyl (C=O) groups is 4. The first-order chi connectivity index (χ1) is 8.25. The average molecular weight is 401 g/mol. The van der Waals surface area contributed by atoms with E-state index in [2.05, 4.69) is 60.0 Å². The summed E-state index contributed by atoms with van der Waals surface area (Å²) in [5, 5.41) is -2.09. The minimum atomic E-state index is -0.522. The Morgan fingerprint density at radius 3 is 0.727 bits per heavy atom. The highest BCUT2D eigenvalue weighted by Gasteiger charge is 1.85. The van der Waals surface area contributed by atoms with Gasteiger partial charge in [0.05, 0.1) is 26.4 Å². The lowest BCUT2D eigenvalue weighted by Crippen LogP contribution is -2.10. The molecule has 0 atom stereocenters. The van der Waals surface area contributed by atoms with Crippen LogP contribution in [0.15, 0.2) is 0 Å². The molecule has 0 aliphatic rings. The lowest BCUT2D eigenvalue weighted by atomic mass is 10.7. The van der Waals surface area contributed by atoms with Gasteiger partial charge in [0.1, 0.15) is 0 Å². The third-order valence-corrected chi connectivity index (χ3v) is 1.35. The van der Waals surface area contributed by atoms with Crippen LogP contribution in [0, 0.1) is 0 Å². The van der Waals surface area contributed by atoms with Gasteiger partial charge < -0.3 is 104 Å². The Hall–Kier alpha value is -0.680. The van der Waals surface area contributed by atoms with Gasteiger partial charge in [-0.15, -0.1) is 0 Å². The van der Waals surface area contributed by atoms with E-state index in [9.17, 15) is 19.2 Å². The van der Waals surface area contributed by atoms with E-state index < -0.39 is 20.5 Å². The molecule has 0 amide bonds. The zero-order valence-electron chi connectivity index (χ0n) is 12.9. The fourth-order valence-electron chi connectivity index (χ4n) is 0.435. The molecule has 136 valence electrons. The normalized spacial score (nSPS) is 7.27. The van der Waals surface area contributed by atoms with Gasteiger partial charge in [-0.1, -0.05) is 0 Å². The van der Waals surface area contributed by atoms with Crippen LogP contribution in [0.2, 0.25) is 0 Å². The number of quaternary nitrogens is 4. The third-order valence-electron chi connectivity index (χ3n) is 0.880. The first kappa shape index (κ1) is 37.5. The number of ether oxygens (including phenoxy) is 2. The summed E-state index contributed by atoms with van der Waals surface area (Å²) < 4.78 is 8.90. The topological polar surface area (TPSA) is 233 Å². The monoisotopic (exact) mass is 400 g/mol. The van der Waals surface area contributed by atoms with E-state index in [1.54, 1.807) is 0 Å². The van der Waals surface area contributed by atoms with Crippen molar-refractivity contribution >= 4 is 71.0 Å². The summed E-state index contributed by atoms with van der Waals surface area (Å²) in [5.74, 6) is 0. The Bertz CT molecular complexity index is 263. The smallest absolute Gasteiger partial charge is 0.0838 e. The third kappa shape index (κ3) is 50.6. The molecule has 0 spiro atoms. The quantitative estimate of drug-likeness (QED) is 0.391. The molecule has 10 nitrogen and oxygen atoms in total. The van der Waals surface area contributed by atoms with Crippen molar-refractivity contribution in [2.75, 3.05) is 26.4 Å². The lowest BCUT2D eigenvalue weighted by molar-refractivity contribution is -0.121. The van der Waals surface area contributed by atoms with E-state index in [-0.39, 0.29) is 51.0 Å². The maximum Gasteiger partial charge on any atom is 0.0838 e. The molecule has 0 aliphatic heterocycles. The van der Waals surface area contributed by atoms with Crippen LogP contribution in [0.4, 0.5) is 0 Å². The molecular weight excluding hydrogens is 376 g/mol. The van der Waals surface area contributed by atoms with E-state index in [1.165, 1.54) is 0 Å². The summed E-state index contributed by atoms with van der Waals surface area (Å²) in [7, 11) is 0. The zero-order chi connectivity index (χ0) is 14.6. The molecule has 0 fully saturated rings. The van der Waals surface area contributed by atoms with Crippen LogP contribution in [-0.4, -0.2) is 46.9 Å². The fourth-order valence-corrected chi connectivity index (χ4v) is 0.769.